The van der Waals surface area contributed by atoms with Crippen molar-refractivity contribution in [1.82, 2.24) is 4.90 Å². The first-order chi connectivity index (χ1) is 18.7. The van der Waals surface area contributed by atoms with E-state index < -0.39 is 11.9 Å². The number of allylic oxidation sites excluding steroid dienone is 4. The van der Waals surface area contributed by atoms with Gasteiger partial charge in [-0.25, -0.2) is 0 Å². The summed E-state index contributed by atoms with van der Waals surface area (Å²) < 4.78 is 8.15. The van der Waals surface area contributed by atoms with Crippen LogP contribution in [0.1, 0.15) is 70.4 Å². The standard InChI is InChI=1S/C32H33Br2NO5/c1-31(2)12-22-29(24(36)14-31)28(30-23(35(22)16-27(38)39)13-32(3,4)15-25(30)37)21-11-20(34)9-10-26(21)40-17-18-5-7-19(33)8-6-18/h5-11,28H,12-17H2,1-4H3,(H,38,39). The predicted octanol–water partition coefficient (Wildman–Crippen LogP) is 7.56. The average molecular weight is 671 g/mol. The van der Waals surface area contributed by atoms with Crippen molar-refractivity contribution in [2.75, 3.05) is 6.54 Å². The second kappa shape index (κ2) is 10.6. The molecule has 0 aromatic heterocycles. The Labute approximate surface area is 251 Å². The van der Waals surface area contributed by atoms with Crippen LogP contribution in [-0.4, -0.2) is 34.1 Å². The van der Waals surface area contributed by atoms with E-state index in [9.17, 15) is 19.5 Å². The van der Waals surface area contributed by atoms with Gasteiger partial charge in [0.2, 0.25) is 0 Å². The molecule has 2 aromatic rings. The molecule has 0 saturated carbocycles. The second-order valence-corrected chi connectivity index (χ2v) is 14.4. The highest BCUT2D eigenvalue weighted by Crippen LogP contribution is 2.55. The first kappa shape index (κ1) is 28.8. The lowest BCUT2D eigenvalue weighted by Crippen LogP contribution is -2.45. The first-order valence-electron chi connectivity index (χ1n) is 13.4. The molecule has 3 aliphatic rings. The number of ether oxygens (including phenoxy) is 1. The number of ketones is 2. The van der Waals surface area contributed by atoms with Gasteiger partial charge in [-0.05, 0) is 59.6 Å². The lowest BCUT2D eigenvalue weighted by Gasteiger charge is -2.48. The normalized spacial score (nSPS) is 20.4. The molecule has 0 spiro atoms. The molecular formula is C32H33Br2NO5. The zero-order valence-electron chi connectivity index (χ0n) is 23.1. The number of carboxylic acid groups (broad SMARTS) is 1. The van der Waals surface area contributed by atoms with Crippen molar-refractivity contribution in [2.24, 2.45) is 10.8 Å². The lowest BCUT2D eigenvalue weighted by atomic mass is 9.63. The summed E-state index contributed by atoms with van der Waals surface area (Å²) in [6.07, 6.45) is 1.75. The number of hydrogen-bond acceptors (Lipinski definition) is 5. The summed E-state index contributed by atoms with van der Waals surface area (Å²) in [6.45, 7) is 8.17. The summed E-state index contributed by atoms with van der Waals surface area (Å²) in [7, 11) is 0. The Morgan fingerprint density at radius 1 is 0.875 bits per heavy atom. The van der Waals surface area contributed by atoms with Crippen molar-refractivity contribution >= 4 is 49.4 Å². The third kappa shape index (κ3) is 5.70. The number of carbonyl (C=O) groups excluding carboxylic acids is 2. The van der Waals surface area contributed by atoms with E-state index in [1.54, 1.807) is 4.90 Å². The minimum absolute atomic E-state index is 0.0466. The van der Waals surface area contributed by atoms with Gasteiger partial charge in [0.15, 0.2) is 11.6 Å². The number of hydrogen-bond donors (Lipinski definition) is 1. The average Bonchev–Trinajstić information content (AvgIpc) is 2.83. The van der Waals surface area contributed by atoms with Crippen LogP contribution in [0.15, 0.2) is 74.0 Å². The van der Waals surface area contributed by atoms with Crippen molar-refractivity contribution < 1.29 is 24.2 Å². The molecule has 1 N–H and O–H groups in total. The fourth-order valence-corrected chi connectivity index (χ4v) is 6.95. The van der Waals surface area contributed by atoms with Crippen LogP contribution >= 0.6 is 31.9 Å². The number of benzene rings is 2. The predicted molar refractivity (Wildman–Crippen MR) is 160 cm³/mol. The van der Waals surface area contributed by atoms with Crippen molar-refractivity contribution in [1.29, 1.82) is 0 Å². The molecule has 8 heteroatoms. The van der Waals surface area contributed by atoms with Gasteiger partial charge in [0.1, 0.15) is 18.9 Å². The summed E-state index contributed by atoms with van der Waals surface area (Å²) in [6, 6.07) is 13.6. The van der Waals surface area contributed by atoms with E-state index in [-0.39, 0.29) is 28.9 Å². The van der Waals surface area contributed by atoms with Gasteiger partial charge in [0.25, 0.3) is 0 Å². The van der Waals surface area contributed by atoms with Gasteiger partial charge >= 0.3 is 5.97 Å². The summed E-state index contributed by atoms with van der Waals surface area (Å²) in [5, 5.41) is 9.91. The summed E-state index contributed by atoms with van der Waals surface area (Å²) in [5.41, 5.74) is 3.55. The van der Waals surface area contributed by atoms with Gasteiger partial charge in [-0.1, -0.05) is 71.7 Å². The van der Waals surface area contributed by atoms with Gasteiger partial charge in [-0.2, -0.15) is 0 Å². The van der Waals surface area contributed by atoms with E-state index in [0.717, 1.165) is 31.5 Å². The van der Waals surface area contributed by atoms with Crippen LogP contribution in [0.5, 0.6) is 5.75 Å². The molecule has 0 unspecified atom stereocenters. The minimum Gasteiger partial charge on any atom is -0.489 e. The molecule has 5 rings (SSSR count). The Balaban J connectivity index is 1.71. The van der Waals surface area contributed by atoms with E-state index in [4.69, 9.17) is 4.74 Å². The van der Waals surface area contributed by atoms with E-state index in [0.29, 0.717) is 49.2 Å². The van der Waals surface area contributed by atoms with Crippen LogP contribution in [0, 0.1) is 10.8 Å². The molecule has 210 valence electrons. The van der Waals surface area contributed by atoms with Crippen molar-refractivity contribution in [2.45, 2.75) is 65.9 Å². The minimum atomic E-state index is -0.996. The lowest BCUT2D eigenvalue weighted by molar-refractivity contribution is -0.138. The Morgan fingerprint density at radius 2 is 1.40 bits per heavy atom. The SMILES string of the molecule is CC1(C)CC(=O)C2=C(C1)N(CC(=O)O)C1=C(C(=O)CC(C)(C)C1)C2c1cc(Br)ccc1OCc1ccc(Br)cc1. The maximum atomic E-state index is 14.0. The summed E-state index contributed by atoms with van der Waals surface area (Å²) in [4.78, 5) is 41.8. The molecule has 2 aliphatic carbocycles. The first-order valence-corrected chi connectivity index (χ1v) is 15.0. The molecule has 0 amide bonds. The van der Waals surface area contributed by atoms with Gasteiger partial charge < -0.3 is 14.7 Å². The maximum Gasteiger partial charge on any atom is 0.323 e. The number of rotatable bonds is 6. The number of Topliss-reactive ketones (excluding diaryl/α,β-unsaturated/α-hetero) is 2. The third-order valence-electron chi connectivity index (χ3n) is 7.91. The molecule has 0 atom stereocenters. The smallest absolute Gasteiger partial charge is 0.323 e. The highest BCUT2D eigenvalue weighted by atomic mass is 79.9. The molecular weight excluding hydrogens is 638 g/mol. The van der Waals surface area contributed by atoms with Crippen LogP contribution in [0.3, 0.4) is 0 Å². The Kier molecular flexibility index (Phi) is 7.64. The highest BCUT2D eigenvalue weighted by molar-refractivity contribution is 9.10. The van der Waals surface area contributed by atoms with Crippen molar-refractivity contribution in [3.8, 4) is 5.75 Å². The Bertz CT molecular complexity index is 1410. The number of carbonyl (C=O) groups is 3. The molecule has 0 saturated heterocycles. The van der Waals surface area contributed by atoms with Gasteiger partial charge in [0, 0.05) is 55.8 Å². The fourth-order valence-electron chi connectivity index (χ4n) is 6.30. The Morgan fingerprint density at radius 3 is 1.93 bits per heavy atom. The number of carboxylic acids is 1. The zero-order chi connectivity index (χ0) is 29.0. The highest BCUT2D eigenvalue weighted by Gasteiger charge is 2.49. The summed E-state index contributed by atoms with van der Waals surface area (Å²) >= 11 is 7.07. The van der Waals surface area contributed by atoms with Crippen molar-refractivity contribution in [3.63, 3.8) is 0 Å². The van der Waals surface area contributed by atoms with E-state index >= 15 is 0 Å². The number of nitrogens with zero attached hydrogens (tertiary/aromatic N) is 1. The molecule has 0 bridgehead atoms. The van der Waals surface area contributed by atoms with Crippen LogP contribution < -0.4 is 4.74 Å². The van der Waals surface area contributed by atoms with Crippen LogP contribution in [-0.2, 0) is 21.0 Å². The fraction of sp³-hybridized carbons (Fsp3) is 0.406. The van der Waals surface area contributed by atoms with E-state index in [2.05, 4.69) is 31.9 Å². The maximum absolute atomic E-state index is 14.0. The quantitative estimate of drug-likeness (QED) is 0.342. The molecule has 2 aromatic carbocycles. The molecule has 6 nitrogen and oxygen atoms in total. The van der Waals surface area contributed by atoms with Gasteiger partial charge in [-0.3, -0.25) is 14.4 Å². The zero-order valence-corrected chi connectivity index (χ0v) is 26.3. The van der Waals surface area contributed by atoms with Gasteiger partial charge in [-0.15, -0.1) is 0 Å². The van der Waals surface area contributed by atoms with Gasteiger partial charge in [0.05, 0.1) is 0 Å². The molecule has 1 aliphatic heterocycles. The van der Waals surface area contributed by atoms with Crippen molar-refractivity contribution in [3.05, 3.63) is 85.1 Å². The van der Waals surface area contributed by atoms with Crippen LogP contribution in [0.25, 0.3) is 0 Å². The van der Waals surface area contributed by atoms with E-state index in [1.165, 1.54) is 0 Å². The number of halogens is 2. The molecule has 40 heavy (non-hydrogen) atoms. The summed E-state index contributed by atoms with van der Waals surface area (Å²) in [5.74, 6) is -1.12. The molecule has 0 fully saturated rings. The Hall–Kier alpha value is -2.71. The van der Waals surface area contributed by atoms with E-state index in [1.807, 2.05) is 70.2 Å². The largest absolute Gasteiger partial charge is 0.489 e. The van der Waals surface area contributed by atoms with Crippen LogP contribution in [0.2, 0.25) is 0 Å². The second-order valence-electron chi connectivity index (χ2n) is 12.6. The molecule has 1 heterocycles. The van der Waals surface area contributed by atoms with Crippen LogP contribution in [0.4, 0.5) is 0 Å². The number of aliphatic carboxylic acids is 1. The topological polar surface area (TPSA) is 83.9 Å². The molecule has 0 radical (unpaired) electrons. The monoisotopic (exact) mass is 669 g/mol. The third-order valence-corrected chi connectivity index (χ3v) is 8.93.